The molecule has 3 rings (SSSR count). The SMILES string of the molecule is Cc1ccc(C(=O)Nc2ccsc2-c2nnc(C(C)C)o2)cc1C. The Labute approximate surface area is 144 Å². The lowest BCUT2D eigenvalue weighted by atomic mass is 10.1. The van der Waals surface area contributed by atoms with Crippen molar-refractivity contribution in [3.05, 3.63) is 52.2 Å². The quantitative estimate of drug-likeness (QED) is 0.741. The molecule has 0 radical (unpaired) electrons. The number of benzene rings is 1. The van der Waals surface area contributed by atoms with E-state index < -0.39 is 0 Å². The minimum absolute atomic E-state index is 0.152. The van der Waals surface area contributed by atoms with Crippen molar-refractivity contribution in [2.45, 2.75) is 33.6 Å². The van der Waals surface area contributed by atoms with E-state index in [4.69, 9.17) is 4.42 Å². The molecule has 1 N–H and O–H groups in total. The zero-order valence-corrected chi connectivity index (χ0v) is 14.9. The minimum atomic E-state index is -0.152. The van der Waals surface area contributed by atoms with E-state index in [2.05, 4.69) is 15.5 Å². The van der Waals surface area contributed by atoms with Crippen LogP contribution in [0.25, 0.3) is 10.8 Å². The highest BCUT2D eigenvalue weighted by Gasteiger charge is 2.18. The van der Waals surface area contributed by atoms with Crippen molar-refractivity contribution in [3.63, 3.8) is 0 Å². The monoisotopic (exact) mass is 341 g/mol. The molecule has 0 unspecified atom stereocenters. The van der Waals surface area contributed by atoms with Crippen LogP contribution in [0.3, 0.4) is 0 Å². The first-order chi connectivity index (χ1) is 11.5. The van der Waals surface area contributed by atoms with Crippen LogP contribution >= 0.6 is 11.3 Å². The maximum absolute atomic E-state index is 12.5. The molecule has 2 heterocycles. The molecule has 0 aliphatic carbocycles. The van der Waals surface area contributed by atoms with E-state index in [-0.39, 0.29) is 11.8 Å². The molecule has 0 atom stereocenters. The molecule has 0 saturated carbocycles. The number of nitrogens with one attached hydrogen (secondary N) is 1. The zero-order valence-electron chi connectivity index (χ0n) is 14.1. The molecule has 3 aromatic rings. The summed E-state index contributed by atoms with van der Waals surface area (Å²) in [5.74, 6) is 1.04. The summed E-state index contributed by atoms with van der Waals surface area (Å²) in [7, 11) is 0. The molecular formula is C18H19N3O2S. The fourth-order valence-electron chi connectivity index (χ4n) is 2.21. The van der Waals surface area contributed by atoms with Crippen molar-refractivity contribution in [1.82, 2.24) is 10.2 Å². The number of amides is 1. The van der Waals surface area contributed by atoms with E-state index in [9.17, 15) is 4.79 Å². The zero-order chi connectivity index (χ0) is 17.3. The average molecular weight is 341 g/mol. The third-order valence-electron chi connectivity index (χ3n) is 3.81. The molecule has 1 amide bonds. The Kier molecular flexibility index (Phi) is 4.49. The largest absolute Gasteiger partial charge is 0.420 e. The van der Waals surface area contributed by atoms with E-state index >= 15 is 0 Å². The first-order valence-corrected chi connectivity index (χ1v) is 8.63. The Morgan fingerprint density at radius 1 is 1.17 bits per heavy atom. The van der Waals surface area contributed by atoms with Gasteiger partial charge in [-0.1, -0.05) is 19.9 Å². The molecule has 24 heavy (non-hydrogen) atoms. The van der Waals surface area contributed by atoms with Crippen LogP contribution in [0.15, 0.2) is 34.1 Å². The third-order valence-corrected chi connectivity index (χ3v) is 4.71. The van der Waals surface area contributed by atoms with Gasteiger partial charge >= 0.3 is 0 Å². The van der Waals surface area contributed by atoms with Crippen molar-refractivity contribution in [2.24, 2.45) is 0 Å². The average Bonchev–Trinajstić information content (AvgIpc) is 3.18. The number of hydrogen-bond acceptors (Lipinski definition) is 5. The molecule has 0 bridgehead atoms. The molecule has 124 valence electrons. The van der Waals surface area contributed by atoms with Gasteiger partial charge in [-0.2, -0.15) is 0 Å². The highest BCUT2D eigenvalue weighted by molar-refractivity contribution is 7.14. The third kappa shape index (κ3) is 3.23. The number of hydrogen-bond donors (Lipinski definition) is 1. The first-order valence-electron chi connectivity index (χ1n) is 7.75. The van der Waals surface area contributed by atoms with Gasteiger partial charge in [0.05, 0.1) is 5.69 Å². The van der Waals surface area contributed by atoms with E-state index in [1.165, 1.54) is 11.3 Å². The van der Waals surface area contributed by atoms with Crippen LogP contribution in [0.4, 0.5) is 5.69 Å². The second-order valence-corrected chi connectivity index (χ2v) is 6.93. The Hall–Kier alpha value is -2.47. The second kappa shape index (κ2) is 6.57. The Bertz CT molecular complexity index is 880. The number of carbonyl (C=O) groups is 1. The first kappa shape index (κ1) is 16.4. The van der Waals surface area contributed by atoms with Crippen LogP contribution < -0.4 is 5.32 Å². The molecule has 0 fully saturated rings. The van der Waals surface area contributed by atoms with E-state index in [1.54, 1.807) is 0 Å². The van der Waals surface area contributed by atoms with Crippen molar-refractivity contribution in [2.75, 3.05) is 5.32 Å². The molecule has 0 saturated heterocycles. The maximum atomic E-state index is 12.5. The maximum Gasteiger partial charge on any atom is 0.259 e. The van der Waals surface area contributed by atoms with Gasteiger partial charge in [-0.25, -0.2) is 0 Å². The summed E-state index contributed by atoms with van der Waals surface area (Å²) in [6.45, 7) is 8.01. The molecule has 1 aromatic carbocycles. The normalized spacial score (nSPS) is 11.0. The number of nitrogens with zero attached hydrogens (tertiary/aromatic N) is 2. The van der Waals surface area contributed by atoms with Gasteiger partial charge in [-0.15, -0.1) is 21.5 Å². The van der Waals surface area contributed by atoms with Crippen LogP contribution in [0.5, 0.6) is 0 Å². The van der Waals surface area contributed by atoms with Crippen molar-refractivity contribution in [3.8, 4) is 10.8 Å². The Balaban J connectivity index is 1.84. The highest BCUT2D eigenvalue weighted by Crippen LogP contribution is 2.33. The topological polar surface area (TPSA) is 68.0 Å². The second-order valence-electron chi connectivity index (χ2n) is 6.02. The van der Waals surface area contributed by atoms with E-state index in [0.29, 0.717) is 23.0 Å². The fourth-order valence-corrected chi connectivity index (χ4v) is 2.98. The van der Waals surface area contributed by atoms with Gasteiger partial charge in [0.2, 0.25) is 5.89 Å². The lowest BCUT2D eigenvalue weighted by Crippen LogP contribution is -2.12. The van der Waals surface area contributed by atoms with Crippen molar-refractivity contribution in [1.29, 1.82) is 0 Å². The molecule has 2 aromatic heterocycles. The summed E-state index contributed by atoms with van der Waals surface area (Å²) in [6.07, 6.45) is 0. The van der Waals surface area contributed by atoms with Gasteiger partial charge < -0.3 is 9.73 Å². The molecule has 5 nitrogen and oxygen atoms in total. The van der Waals surface area contributed by atoms with Crippen molar-refractivity contribution >= 4 is 22.9 Å². The van der Waals surface area contributed by atoms with Gasteiger partial charge in [0, 0.05) is 11.5 Å². The molecule has 0 aliphatic rings. The van der Waals surface area contributed by atoms with Gasteiger partial charge in [0.1, 0.15) is 4.88 Å². The predicted molar refractivity (Wildman–Crippen MR) is 95.6 cm³/mol. The summed E-state index contributed by atoms with van der Waals surface area (Å²) in [6, 6.07) is 7.51. The van der Waals surface area contributed by atoms with Gasteiger partial charge in [0.25, 0.3) is 11.8 Å². The van der Waals surface area contributed by atoms with Crippen LogP contribution in [-0.2, 0) is 0 Å². The number of rotatable bonds is 4. The summed E-state index contributed by atoms with van der Waals surface area (Å²) in [5, 5.41) is 13.0. The minimum Gasteiger partial charge on any atom is -0.420 e. The standard InChI is InChI=1S/C18H19N3O2S/c1-10(2)17-20-21-18(23-17)15-14(7-8-24-15)19-16(22)13-6-5-11(3)12(4)9-13/h5-10H,1-4H3,(H,19,22). The highest BCUT2D eigenvalue weighted by atomic mass is 32.1. The van der Waals surface area contributed by atoms with E-state index in [1.807, 2.05) is 57.3 Å². The lowest BCUT2D eigenvalue weighted by molar-refractivity contribution is 0.102. The van der Waals surface area contributed by atoms with E-state index in [0.717, 1.165) is 16.0 Å². The number of carbonyl (C=O) groups excluding carboxylic acids is 1. The molecule has 6 heteroatoms. The summed E-state index contributed by atoms with van der Waals surface area (Å²) in [4.78, 5) is 13.3. The summed E-state index contributed by atoms with van der Waals surface area (Å²) in [5.41, 5.74) is 3.56. The number of thiophene rings is 1. The smallest absolute Gasteiger partial charge is 0.259 e. The Morgan fingerprint density at radius 2 is 1.96 bits per heavy atom. The lowest BCUT2D eigenvalue weighted by Gasteiger charge is -2.07. The van der Waals surface area contributed by atoms with Crippen LogP contribution in [0, 0.1) is 13.8 Å². The number of aromatic nitrogens is 2. The molecule has 0 aliphatic heterocycles. The fraction of sp³-hybridized carbons (Fsp3) is 0.278. The molecule has 0 spiro atoms. The summed E-state index contributed by atoms with van der Waals surface area (Å²) < 4.78 is 5.69. The Morgan fingerprint density at radius 3 is 2.62 bits per heavy atom. The van der Waals surface area contributed by atoms with Crippen LogP contribution in [0.1, 0.15) is 47.1 Å². The number of aryl methyl sites for hydroxylation is 2. The molecular weight excluding hydrogens is 322 g/mol. The van der Waals surface area contributed by atoms with Gasteiger partial charge in [-0.3, -0.25) is 4.79 Å². The van der Waals surface area contributed by atoms with Crippen molar-refractivity contribution < 1.29 is 9.21 Å². The van der Waals surface area contributed by atoms with Gasteiger partial charge in [-0.05, 0) is 48.6 Å². The predicted octanol–water partition coefficient (Wildman–Crippen LogP) is 4.79. The van der Waals surface area contributed by atoms with Crippen LogP contribution in [-0.4, -0.2) is 16.1 Å². The number of anilines is 1. The summed E-state index contributed by atoms with van der Waals surface area (Å²) >= 11 is 1.46. The van der Waals surface area contributed by atoms with Crippen LogP contribution in [0.2, 0.25) is 0 Å². The van der Waals surface area contributed by atoms with Gasteiger partial charge in [0.15, 0.2) is 0 Å².